The van der Waals surface area contributed by atoms with Gasteiger partial charge in [0.1, 0.15) is 0 Å². The van der Waals surface area contributed by atoms with Crippen LogP contribution in [0.1, 0.15) is 19.8 Å². The summed E-state index contributed by atoms with van der Waals surface area (Å²) in [5.74, 6) is 1.01. The first-order chi connectivity index (χ1) is 8.92. The van der Waals surface area contributed by atoms with Gasteiger partial charge in [0, 0.05) is 0 Å². The number of para-hydroxylation sites is 2. The zero-order valence-corrected chi connectivity index (χ0v) is 11.5. The van der Waals surface area contributed by atoms with Gasteiger partial charge in [-0.25, -0.2) is 0 Å². The number of benzene rings is 1. The van der Waals surface area contributed by atoms with E-state index in [-0.39, 0.29) is 11.5 Å². The van der Waals surface area contributed by atoms with Crippen molar-refractivity contribution in [2.75, 3.05) is 12.4 Å². The van der Waals surface area contributed by atoms with Crippen molar-refractivity contribution in [3.05, 3.63) is 24.3 Å². The second kappa shape index (κ2) is 7.53. The van der Waals surface area contributed by atoms with Crippen LogP contribution in [-0.4, -0.2) is 18.7 Å². The molecule has 1 atom stereocenters. The van der Waals surface area contributed by atoms with Gasteiger partial charge in [0.25, 0.3) is 0 Å². The molecule has 0 bridgehead atoms. The summed E-state index contributed by atoms with van der Waals surface area (Å²) in [7, 11) is 0. The summed E-state index contributed by atoms with van der Waals surface area (Å²) >= 11 is 4.13. The highest BCUT2D eigenvalue weighted by Gasteiger charge is 2.32. The highest BCUT2D eigenvalue weighted by molar-refractivity contribution is 7.80. The van der Waals surface area contributed by atoms with Crippen molar-refractivity contribution in [3.63, 3.8) is 0 Å². The van der Waals surface area contributed by atoms with Crippen LogP contribution in [0.15, 0.2) is 24.3 Å². The van der Waals surface area contributed by atoms with Crippen LogP contribution in [0, 0.1) is 5.92 Å². The van der Waals surface area contributed by atoms with E-state index < -0.39 is 6.36 Å². The normalized spacial score (nSPS) is 13.1. The maximum absolute atomic E-state index is 12.2. The molecule has 1 rings (SSSR count). The molecule has 0 radical (unpaired) electrons. The number of alkyl halides is 3. The predicted octanol–water partition coefficient (Wildman–Crippen LogP) is 4.31. The van der Waals surface area contributed by atoms with Gasteiger partial charge in [-0.2, -0.15) is 12.6 Å². The third-order valence-corrected chi connectivity index (χ3v) is 2.82. The molecular formula is C13H17F3O2S. The molecule has 0 heterocycles. The average Bonchev–Trinajstić information content (AvgIpc) is 2.30. The highest BCUT2D eigenvalue weighted by atomic mass is 32.1. The monoisotopic (exact) mass is 294 g/mol. The number of halogens is 3. The highest BCUT2D eigenvalue weighted by Crippen LogP contribution is 2.31. The van der Waals surface area contributed by atoms with E-state index in [0.717, 1.165) is 18.6 Å². The van der Waals surface area contributed by atoms with E-state index in [4.69, 9.17) is 4.74 Å². The first-order valence-corrected chi connectivity index (χ1v) is 6.64. The third-order valence-electron chi connectivity index (χ3n) is 2.56. The minimum absolute atomic E-state index is 0.109. The molecule has 0 fully saturated rings. The van der Waals surface area contributed by atoms with Crippen LogP contribution >= 0.6 is 12.6 Å². The lowest BCUT2D eigenvalue weighted by Gasteiger charge is -2.15. The molecule has 1 aromatic carbocycles. The summed E-state index contributed by atoms with van der Waals surface area (Å²) in [6, 6.07) is 5.78. The zero-order valence-electron chi connectivity index (χ0n) is 10.6. The second-order valence-corrected chi connectivity index (χ2v) is 4.70. The Balaban J connectivity index is 2.53. The van der Waals surface area contributed by atoms with E-state index in [0.29, 0.717) is 12.5 Å². The number of rotatable bonds is 7. The Morgan fingerprint density at radius 2 is 1.79 bits per heavy atom. The Morgan fingerprint density at radius 1 is 1.16 bits per heavy atom. The quantitative estimate of drug-likeness (QED) is 0.755. The molecule has 108 valence electrons. The molecule has 1 aromatic rings. The minimum atomic E-state index is -4.71. The first-order valence-electron chi connectivity index (χ1n) is 6.01. The summed E-state index contributed by atoms with van der Waals surface area (Å²) in [4.78, 5) is 0. The Labute approximate surface area is 116 Å². The van der Waals surface area contributed by atoms with Crippen LogP contribution in [0.5, 0.6) is 11.5 Å². The van der Waals surface area contributed by atoms with Gasteiger partial charge >= 0.3 is 6.36 Å². The van der Waals surface area contributed by atoms with Crippen molar-refractivity contribution in [3.8, 4) is 11.5 Å². The first kappa shape index (κ1) is 16.0. The smallest absolute Gasteiger partial charge is 0.490 e. The Morgan fingerprint density at radius 3 is 2.37 bits per heavy atom. The fourth-order valence-corrected chi connectivity index (χ4v) is 1.95. The number of thiol groups is 1. The van der Waals surface area contributed by atoms with Crippen LogP contribution in [0.25, 0.3) is 0 Å². The van der Waals surface area contributed by atoms with Crippen LogP contribution in [-0.2, 0) is 0 Å². The lowest BCUT2D eigenvalue weighted by Crippen LogP contribution is -2.18. The van der Waals surface area contributed by atoms with Gasteiger partial charge in [-0.05, 0) is 36.6 Å². The van der Waals surface area contributed by atoms with E-state index in [2.05, 4.69) is 24.3 Å². The number of ether oxygens (including phenoxy) is 2. The van der Waals surface area contributed by atoms with Gasteiger partial charge in [0.05, 0.1) is 6.61 Å². The van der Waals surface area contributed by atoms with E-state index in [1.54, 1.807) is 6.07 Å². The molecule has 0 aromatic heterocycles. The van der Waals surface area contributed by atoms with E-state index in [9.17, 15) is 13.2 Å². The average molecular weight is 294 g/mol. The fraction of sp³-hybridized carbons (Fsp3) is 0.538. The summed E-state index contributed by atoms with van der Waals surface area (Å²) in [5, 5.41) is 0. The van der Waals surface area contributed by atoms with Gasteiger partial charge in [-0.1, -0.05) is 19.1 Å². The Bertz CT molecular complexity index is 382. The van der Waals surface area contributed by atoms with E-state index in [1.807, 2.05) is 0 Å². The zero-order chi connectivity index (χ0) is 14.3. The van der Waals surface area contributed by atoms with Gasteiger partial charge in [0.2, 0.25) is 0 Å². The molecule has 2 nitrogen and oxygen atoms in total. The topological polar surface area (TPSA) is 18.5 Å². The molecule has 0 amide bonds. The molecule has 0 aliphatic heterocycles. The largest absolute Gasteiger partial charge is 0.573 e. The van der Waals surface area contributed by atoms with Gasteiger partial charge in [0.15, 0.2) is 11.5 Å². The van der Waals surface area contributed by atoms with E-state index >= 15 is 0 Å². The molecule has 1 unspecified atom stereocenters. The fourth-order valence-electron chi connectivity index (χ4n) is 1.51. The lowest BCUT2D eigenvalue weighted by molar-refractivity contribution is -0.275. The summed E-state index contributed by atoms with van der Waals surface area (Å²) in [6.45, 7) is 2.41. The molecular weight excluding hydrogens is 277 g/mol. The molecule has 0 aliphatic rings. The molecule has 0 N–H and O–H groups in total. The van der Waals surface area contributed by atoms with Gasteiger partial charge in [-0.15, -0.1) is 13.2 Å². The van der Waals surface area contributed by atoms with Crippen LogP contribution in [0.3, 0.4) is 0 Å². The van der Waals surface area contributed by atoms with Crippen molar-refractivity contribution in [1.82, 2.24) is 0 Å². The summed E-state index contributed by atoms with van der Waals surface area (Å²) in [5.41, 5.74) is 0. The van der Waals surface area contributed by atoms with Gasteiger partial charge < -0.3 is 9.47 Å². The SMILES string of the molecule is CC(CCS)CCOc1ccccc1OC(F)(F)F. The number of hydrogen-bond acceptors (Lipinski definition) is 3. The lowest BCUT2D eigenvalue weighted by atomic mass is 10.1. The summed E-state index contributed by atoms with van der Waals surface area (Å²) in [6.07, 6.45) is -2.99. The predicted molar refractivity (Wildman–Crippen MR) is 70.9 cm³/mol. The van der Waals surface area contributed by atoms with Crippen LogP contribution in [0.2, 0.25) is 0 Å². The second-order valence-electron chi connectivity index (χ2n) is 4.25. The number of hydrogen-bond donors (Lipinski definition) is 1. The maximum atomic E-state index is 12.2. The molecule has 19 heavy (non-hydrogen) atoms. The van der Waals surface area contributed by atoms with Crippen LogP contribution in [0.4, 0.5) is 13.2 Å². The minimum Gasteiger partial charge on any atom is -0.490 e. The molecule has 6 heteroatoms. The Hall–Kier alpha value is -1.04. The molecule has 0 saturated heterocycles. The molecule has 0 spiro atoms. The Kier molecular flexibility index (Phi) is 6.34. The van der Waals surface area contributed by atoms with Gasteiger partial charge in [-0.3, -0.25) is 0 Å². The van der Waals surface area contributed by atoms with Crippen molar-refractivity contribution in [2.45, 2.75) is 26.1 Å². The third kappa shape index (κ3) is 6.61. The van der Waals surface area contributed by atoms with Crippen molar-refractivity contribution < 1.29 is 22.6 Å². The van der Waals surface area contributed by atoms with E-state index in [1.165, 1.54) is 18.2 Å². The maximum Gasteiger partial charge on any atom is 0.573 e. The van der Waals surface area contributed by atoms with Crippen molar-refractivity contribution in [2.24, 2.45) is 5.92 Å². The summed E-state index contributed by atoms with van der Waals surface area (Å²) < 4.78 is 45.8. The molecule has 0 saturated carbocycles. The molecule has 0 aliphatic carbocycles. The van der Waals surface area contributed by atoms with Crippen LogP contribution < -0.4 is 9.47 Å². The van der Waals surface area contributed by atoms with Crippen molar-refractivity contribution in [1.29, 1.82) is 0 Å². The van der Waals surface area contributed by atoms with Crippen molar-refractivity contribution >= 4 is 12.6 Å². The standard InChI is InChI=1S/C13H17F3O2S/c1-10(7-9-19)6-8-17-11-4-2-3-5-12(11)18-13(14,15)16/h2-5,10,19H,6-9H2,1H3.